The fourth-order valence-corrected chi connectivity index (χ4v) is 2.97. The first-order valence-corrected chi connectivity index (χ1v) is 6.98. The Morgan fingerprint density at radius 1 is 1.45 bits per heavy atom. The Kier molecular flexibility index (Phi) is 3.54. The van der Waals surface area contributed by atoms with E-state index in [4.69, 9.17) is 11.6 Å². The molecular weight excluding hydrogens is 278 g/mol. The van der Waals surface area contributed by atoms with E-state index in [1.54, 1.807) is 18.2 Å². The van der Waals surface area contributed by atoms with Gasteiger partial charge < -0.3 is 10.1 Å². The highest BCUT2D eigenvalue weighted by Gasteiger charge is 2.40. The normalized spacial score (nSPS) is 24.9. The fraction of sp³-hybridized carbons (Fsp3) is 0.385. The van der Waals surface area contributed by atoms with Crippen LogP contribution in [-0.2, 0) is 4.79 Å². The zero-order valence-corrected chi connectivity index (χ0v) is 11.5. The standard InChI is InChI=1S/C13H14BClN2O3/c15-9-4-5-11-8(6-9)7-16-17(14(11)20)13(19)10-2-1-3-12(10)18/h4-7,10,12,18,20H,1-3H2. The molecule has 2 N–H and O–H groups in total. The molecule has 1 aliphatic heterocycles. The second kappa shape index (κ2) is 5.20. The smallest absolute Gasteiger partial charge is 0.427 e. The molecule has 3 rings (SSSR count). The van der Waals surface area contributed by atoms with Crippen LogP contribution >= 0.6 is 11.6 Å². The minimum atomic E-state index is -1.13. The lowest BCUT2D eigenvalue weighted by atomic mass is 9.69. The van der Waals surface area contributed by atoms with Gasteiger partial charge in [0.05, 0.1) is 18.2 Å². The van der Waals surface area contributed by atoms with Crippen LogP contribution in [-0.4, -0.2) is 40.3 Å². The first-order chi connectivity index (χ1) is 9.58. The van der Waals surface area contributed by atoms with E-state index in [1.807, 2.05) is 0 Å². The van der Waals surface area contributed by atoms with Gasteiger partial charge in [-0.05, 0) is 42.4 Å². The van der Waals surface area contributed by atoms with Crippen molar-refractivity contribution in [3.63, 3.8) is 0 Å². The van der Waals surface area contributed by atoms with Gasteiger partial charge >= 0.3 is 7.05 Å². The highest BCUT2D eigenvalue weighted by atomic mass is 35.5. The van der Waals surface area contributed by atoms with Crippen molar-refractivity contribution >= 4 is 36.2 Å². The summed E-state index contributed by atoms with van der Waals surface area (Å²) in [6.07, 6.45) is 2.93. The number of fused-ring (bicyclic) bond motifs is 1. The van der Waals surface area contributed by atoms with Gasteiger partial charge in [-0.1, -0.05) is 17.7 Å². The van der Waals surface area contributed by atoms with Crippen LogP contribution in [0.4, 0.5) is 0 Å². The summed E-state index contributed by atoms with van der Waals surface area (Å²) in [7, 11) is -1.13. The molecule has 0 bridgehead atoms. The summed E-state index contributed by atoms with van der Waals surface area (Å²) >= 11 is 5.89. The van der Waals surface area contributed by atoms with Gasteiger partial charge in [0.1, 0.15) is 0 Å². The third kappa shape index (κ3) is 2.24. The summed E-state index contributed by atoms with van der Waals surface area (Å²) in [5.74, 6) is -0.810. The van der Waals surface area contributed by atoms with Crippen LogP contribution in [0.5, 0.6) is 0 Å². The zero-order chi connectivity index (χ0) is 14.3. The van der Waals surface area contributed by atoms with Gasteiger partial charge in [-0.15, -0.1) is 0 Å². The molecule has 1 amide bonds. The van der Waals surface area contributed by atoms with Crippen LogP contribution in [0.25, 0.3) is 0 Å². The Morgan fingerprint density at radius 3 is 2.95 bits per heavy atom. The van der Waals surface area contributed by atoms with Crippen LogP contribution in [0.3, 0.4) is 0 Å². The summed E-state index contributed by atoms with van der Waals surface area (Å²) in [5.41, 5.74) is 1.28. The number of hydrogen-bond donors (Lipinski definition) is 2. The number of nitrogens with zero attached hydrogens (tertiary/aromatic N) is 2. The fourth-order valence-electron chi connectivity index (χ4n) is 2.79. The van der Waals surface area contributed by atoms with Crippen LogP contribution in [0.2, 0.25) is 5.02 Å². The minimum absolute atomic E-state index is 0.334. The van der Waals surface area contributed by atoms with E-state index in [0.29, 0.717) is 28.9 Å². The molecule has 104 valence electrons. The molecule has 0 spiro atoms. The number of amides is 1. The number of carbonyl (C=O) groups excluding carboxylic acids is 1. The summed E-state index contributed by atoms with van der Waals surface area (Å²) in [4.78, 5) is 13.4. The lowest BCUT2D eigenvalue weighted by molar-refractivity contribution is -0.134. The molecule has 5 nitrogen and oxygen atoms in total. The minimum Gasteiger partial charge on any atom is -0.427 e. The van der Waals surface area contributed by atoms with Gasteiger partial charge in [0.2, 0.25) is 5.91 Å². The summed E-state index contributed by atoms with van der Waals surface area (Å²) in [6.45, 7) is 0. The predicted octanol–water partition coefficient (Wildman–Crippen LogP) is 0.365. The van der Waals surface area contributed by atoms with Crippen LogP contribution in [0, 0.1) is 5.92 Å². The largest absolute Gasteiger partial charge is 0.474 e. The molecule has 0 saturated heterocycles. The average molecular weight is 293 g/mol. The molecule has 2 unspecified atom stereocenters. The Labute approximate surface area is 122 Å². The number of hydrogen-bond acceptors (Lipinski definition) is 4. The van der Waals surface area contributed by atoms with Gasteiger partial charge in [0, 0.05) is 5.02 Å². The van der Waals surface area contributed by atoms with E-state index in [1.165, 1.54) is 6.21 Å². The Morgan fingerprint density at radius 2 is 2.25 bits per heavy atom. The van der Waals surface area contributed by atoms with E-state index in [0.717, 1.165) is 11.3 Å². The number of hydrazone groups is 1. The van der Waals surface area contributed by atoms with Crippen LogP contribution in [0.1, 0.15) is 24.8 Å². The van der Waals surface area contributed by atoms with Crippen molar-refractivity contribution < 1.29 is 14.9 Å². The topological polar surface area (TPSA) is 73.1 Å². The summed E-state index contributed by atoms with van der Waals surface area (Å²) < 4.78 is 0. The second-order valence-corrected chi connectivity index (χ2v) is 5.62. The Balaban J connectivity index is 1.87. The van der Waals surface area contributed by atoms with E-state index in [-0.39, 0.29) is 5.91 Å². The second-order valence-electron chi connectivity index (χ2n) is 5.18. The quantitative estimate of drug-likeness (QED) is 0.734. The molecule has 0 aromatic heterocycles. The lowest BCUT2D eigenvalue weighted by Crippen LogP contribution is -2.54. The van der Waals surface area contributed by atoms with Crippen molar-refractivity contribution in [2.45, 2.75) is 25.4 Å². The molecule has 1 saturated carbocycles. The van der Waals surface area contributed by atoms with E-state index >= 15 is 0 Å². The van der Waals surface area contributed by atoms with Crippen molar-refractivity contribution in [1.29, 1.82) is 0 Å². The third-order valence-corrected chi connectivity index (χ3v) is 4.14. The molecule has 1 heterocycles. The summed E-state index contributed by atoms with van der Waals surface area (Å²) in [5, 5.41) is 24.7. The van der Waals surface area contributed by atoms with Crippen molar-refractivity contribution in [1.82, 2.24) is 4.92 Å². The Hall–Kier alpha value is -1.37. The number of benzene rings is 1. The van der Waals surface area contributed by atoms with E-state index < -0.39 is 19.1 Å². The predicted molar refractivity (Wildman–Crippen MR) is 76.8 cm³/mol. The van der Waals surface area contributed by atoms with Gasteiger partial charge in [0.15, 0.2) is 0 Å². The molecule has 2 aliphatic rings. The molecule has 2 atom stereocenters. The number of rotatable bonds is 1. The number of halogens is 1. The van der Waals surface area contributed by atoms with E-state index in [9.17, 15) is 14.9 Å². The first kappa shape index (κ1) is 13.6. The summed E-state index contributed by atoms with van der Waals surface area (Å²) in [6, 6.07) is 5.03. The number of carbonyl (C=O) groups is 1. The van der Waals surface area contributed by atoms with Gasteiger partial charge in [-0.2, -0.15) is 5.10 Å². The molecular formula is C13H14BClN2O3. The van der Waals surface area contributed by atoms with Gasteiger partial charge in [-0.25, -0.2) is 4.92 Å². The molecule has 1 aromatic carbocycles. The Bertz CT molecular complexity index is 581. The maximum absolute atomic E-state index is 12.4. The molecule has 0 radical (unpaired) electrons. The lowest BCUT2D eigenvalue weighted by Gasteiger charge is -2.28. The molecule has 7 heteroatoms. The van der Waals surface area contributed by atoms with Crippen molar-refractivity contribution in [2.75, 3.05) is 0 Å². The van der Waals surface area contributed by atoms with Gasteiger partial charge in [0.25, 0.3) is 0 Å². The maximum atomic E-state index is 12.4. The molecule has 20 heavy (non-hydrogen) atoms. The molecule has 1 aliphatic carbocycles. The monoisotopic (exact) mass is 292 g/mol. The van der Waals surface area contributed by atoms with Crippen LogP contribution < -0.4 is 5.46 Å². The van der Waals surface area contributed by atoms with Crippen molar-refractivity contribution in [3.8, 4) is 0 Å². The molecule has 1 aromatic rings. The number of aliphatic hydroxyl groups excluding tert-OH is 1. The van der Waals surface area contributed by atoms with E-state index in [2.05, 4.69) is 5.10 Å². The average Bonchev–Trinajstić information content (AvgIpc) is 2.84. The highest BCUT2D eigenvalue weighted by molar-refractivity contribution is 6.67. The van der Waals surface area contributed by atoms with Crippen LogP contribution in [0.15, 0.2) is 23.3 Å². The van der Waals surface area contributed by atoms with Crippen molar-refractivity contribution in [2.24, 2.45) is 11.0 Å². The van der Waals surface area contributed by atoms with Gasteiger partial charge in [-0.3, -0.25) is 4.79 Å². The first-order valence-electron chi connectivity index (χ1n) is 6.60. The zero-order valence-electron chi connectivity index (χ0n) is 10.7. The highest BCUT2D eigenvalue weighted by Crippen LogP contribution is 2.28. The maximum Gasteiger partial charge on any atom is 0.474 e. The van der Waals surface area contributed by atoms with Crippen molar-refractivity contribution in [3.05, 3.63) is 28.8 Å². The number of aliphatic hydroxyl groups is 1. The molecule has 1 fully saturated rings. The third-order valence-electron chi connectivity index (χ3n) is 3.90. The SMILES string of the molecule is O=C(C1CCCC1O)N1N=Cc2cc(Cl)ccc2B1O.